The van der Waals surface area contributed by atoms with E-state index >= 15 is 0 Å². The van der Waals surface area contributed by atoms with Gasteiger partial charge in [0.2, 0.25) is 5.91 Å². The molecule has 1 aliphatic heterocycles. The van der Waals surface area contributed by atoms with Crippen LogP contribution in [0.5, 0.6) is 0 Å². The van der Waals surface area contributed by atoms with Gasteiger partial charge in [0.05, 0.1) is 11.0 Å². The van der Waals surface area contributed by atoms with E-state index in [-0.39, 0.29) is 5.91 Å². The summed E-state index contributed by atoms with van der Waals surface area (Å²) in [6.07, 6.45) is 1.03. The topological polar surface area (TPSA) is 50.2 Å². The third-order valence-corrected chi connectivity index (χ3v) is 4.11. The van der Waals surface area contributed by atoms with E-state index in [0.717, 1.165) is 36.4 Å². The lowest BCUT2D eigenvalue weighted by Gasteiger charge is -2.24. The van der Waals surface area contributed by atoms with Crippen LogP contribution in [0.15, 0.2) is 24.3 Å². The summed E-state index contributed by atoms with van der Waals surface area (Å²) in [4.78, 5) is 18.8. The summed E-state index contributed by atoms with van der Waals surface area (Å²) in [7, 11) is 1.90. The zero-order chi connectivity index (χ0) is 14.1. The summed E-state index contributed by atoms with van der Waals surface area (Å²) in [6, 6.07) is 8.26. The quantitative estimate of drug-likeness (QED) is 0.912. The summed E-state index contributed by atoms with van der Waals surface area (Å²) in [5.74, 6) is 1.03. The van der Waals surface area contributed by atoms with Gasteiger partial charge in [0, 0.05) is 19.6 Å². The Hall–Kier alpha value is -1.88. The van der Waals surface area contributed by atoms with Crippen molar-refractivity contribution in [2.45, 2.75) is 25.9 Å². The van der Waals surface area contributed by atoms with Crippen LogP contribution in [0.1, 0.15) is 12.2 Å². The van der Waals surface area contributed by atoms with Crippen LogP contribution in [0.2, 0.25) is 0 Å². The Bertz CT molecular complexity index is 628. The zero-order valence-electron chi connectivity index (χ0n) is 12.0. The molecule has 2 heterocycles. The molecule has 1 atom stereocenters. The van der Waals surface area contributed by atoms with Crippen LogP contribution in [0.4, 0.5) is 0 Å². The smallest absolute Gasteiger partial charge is 0.242 e. The number of nitrogens with one attached hydrogen (secondary N) is 1. The monoisotopic (exact) mass is 272 g/mol. The Morgan fingerprint density at radius 2 is 2.30 bits per heavy atom. The number of aryl methyl sites for hydroxylation is 1. The molecule has 0 spiro atoms. The van der Waals surface area contributed by atoms with Crippen LogP contribution < -0.4 is 5.32 Å². The number of para-hydroxylation sites is 2. The lowest BCUT2D eigenvalue weighted by molar-refractivity contribution is -0.132. The normalized spacial score (nSPS) is 18.6. The fourth-order valence-electron chi connectivity index (χ4n) is 2.82. The van der Waals surface area contributed by atoms with Crippen molar-refractivity contribution in [1.82, 2.24) is 19.8 Å². The molecular formula is C15H20N4O. The van der Waals surface area contributed by atoms with Crippen LogP contribution in [0.25, 0.3) is 11.0 Å². The molecule has 1 fully saturated rings. The Morgan fingerprint density at radius 3 is 3.05 bits per heavy atom. The van der Waals surface area contributed by atoms with Crippen LogP contribution >= 0.6 is 0 Å². The maximum Gasteiger partial charge on any atom is 0.242 e. The Morgan fingerprint density at radius 1 is 1.50 bits per heavy atom. The van der Waals surface area contributed by atoms with Crippen LogP contribution in [-0.2, 0) is 11.3 Å². The Balaban J connectivity index is 1.82. The number of rotatable bonds is 3. The van der Waals surface area contributed by atoms with Crippen molar-refractivity contribution in [1.29, 1.82) is 0 Å². The highest BCUT2D eigenvalue weighted by atomic mass is 16.2. The van der Waals surface area contributed by atoms with Gasteiger partial charge in [0.1, 0.15) is 12.4 Å². The van der Waals surface area contributed by atoms with Gasteiger partial charge in [-0.2, -0.15) is 0 Å². The van der Waals surface area contributed by atoms with Gasteiger partial charge in [-0.25, -0.2) is 4.98 Å². The van der Waals surface area contributed by atoms with Crippen molar-refractivity contribution in [3.05, 3.63) is 30.1 Å². The SMILES string of the molecule is Cc1nc2ccccc2n1CC(=O)N(C)C1CCNC1. The first-order valence-corrected chi connectivity index (χ1v) is 7.05. The van der Waals surface area contributed by atoms with Gasteiger partial charge in [-0.3, -0.25) is 4.79 Å². The highest BCUT2D eigenvalue weighted by Gasteiger charge is 2.23. The van der Waals surface area contributed by atoms with E-state index in [2.05, 4.69) is 10.3 Å². The molecule has 0 aliphatic carbocycles. The minimum atomic E-state index is 0.143. The minimum absolute atomic E-state index is 0.143. The van der Waals surface area contributed by atoms with Crippen molar-refractivity contribution < 1.29 is 4.79 Å². The van der Waals surface area contributed by atoms with Crippen molar-refractivity contribution in [3.63, 3.8) is 0 Å². The molecule has 0 bridgehead atoms. The Kier molecular flexibility index (Phi) is 3.44. The molecule has 20 heavy (non-hydrogen) atoms. The maximum absolute atomic E-state index is 12.4. The zero-order valence-corrected chi connectivity index (χ0v) is 12.0. The lowest BCUT2D eigenvalue weighted by Crippen LogP contribution is -2.40. The largest absolute Gasteiger partial charge is 0.340 e. The number of likely N-dealkylation sites (N-methyl/N-ethyl adjacent to an activating group) is 1. The van der Waals surface area contributed by atoms with Crippen molar-refractivity contribution >= 4 is 16.9 Å². The van der Waals surface area contributed by atoms with E-state index in [9.17, 15) is 4.79 Å². The van der Waals surface area contributed by atoms with Crippen LogP contribution in [0, 0.1) is 6.92 Å². The number of aromatic nitrogens is 2. The summed E-state index contributed by atoms with van der Waals surface area (Å²) in [5.41, 5.74) is 1.97. The Labute approximate surface area is 118 Å². The average molecular weight is 272 g/mol. The van der Waals surface area contributed by atoms with Gasteiger partial charge >= 0.3 is 0 Å². The molecule has 3 rings (SSSR count). The van der Waals surface area contributed by atoms with Gasteiger partial charge in [-0.1, -0.05) is 12.1 Å². The first kappa shape index (κ1) is 13.1. The van der Waals surface area contributed by atoms with Crippen molar-refractivity contribution in [3.8, 4) is 0 Å². The molecule has 1 amide bonds. The fourth-order valence-corrected chi connectivity index (χ4v) is 2.82. The number of benzene rings is 1. The highest BCUT2D eigenvalue weighted by molar-refractivity contribution is 5.81. The highest BCUT2D eigenvalue weighted by Crippen LogP contribution is 2.16. The molecule has 1 N–H and O–H groups in total. The average Bonchev–Trinajstić information content (AvgIpc) is 3.07. The number of fused-ring (bicyclic) bond motifs is 1. The number of imidazole rings is 1. The minimum Gasteiger partial charge on any atom is -0.340 e. The molecule has 1 saturated heterocycles. The predicted octanol–water partition coefficient (Wildman–Crippen LogP) is 1.17. The standard InChI is InChI=1S/C15H20N4O/c1-11-17-13-5-3-4-6-14(13)19(11)10-15(20)18(2)12-7-8-16-9-12/h3-6,12,16H,7-10H2,1-2H3. The van der Waals surface area contributed by atoms with E-state index in [0.29, 0.717) is 12.6 Å². The molecule has 1 aromatic carbocycles. The third kappa shape index (κ3) is 2.29. The van der Waals surface area contributed by atoms with Crippen molar-refractivity contribution in [2.24, 2.45) is 0 Å². The number of carbonyl (C=O) groups is 1. The summed E-state index contributed by atoms with van der Waals surface area (Å²) < 4.78 is 2.00. The third-order valence-electron chi connectivity index (χ3n) is 4.11. The second kappa shape index (κ2) is 5.25. The molecule has 5 nitrogen and oxygen atoms in total. The first-order chi connectivity index (χ1) is 9.66. The number of carbonyl (C=O) groups excluding carboxylic acids is 1. The molecule has 1 unspecified atom stereocenters. The second-order valence-corrected chi connectivity index (χ2v) is 5.39. The van der Waals surface area contributed by atoms with Gasteiger partial charge < -0.3 is 14.8 Å². The van der Waals surface area contributed by atoms with Gasteiger partial charge in [0.15, 0.2) is 0 Å². The predicted molar refractivity (Wildman–Crippen MR) is 78.5 cm³/mol. The molecular weight excluding hydrogens is 252 g/mol. The van der Waals surface area contributed by atoms with E-state index in [1.54, 1.807) is 0 Å². The van der Waals surface area contributed by atoms with E-state index in [1.807, 2.05) is 47.7 Å². The molecule has 2 aromatic rings. The van der Waals surface area contributed by atoms with E-state index in [1.165, 1.54) is 0 Å². The number of hydrogen-bond donors (Lipinski definition) is 1. The summed E-state index contributed by atoms with van der Waals surface area (Å²) in [5, 5.41) is 3.29. The first-order valence-electron chi connectivity index (χ1n) is 7.05. The van der Waals surface area contributed by atoms with Gasteiger partial charge in [-0.15, -0.1) is 0 Å². The maximum atomic E-state index is 12.4. The van der Waals surface area contributed by atoms with E-state index in [4.69, 9.17) is 0 Å². The van der Waals surface area contributed by atoms with Gasteiger partial charge in [-0.05, 0) is 32.0 Å². The second-order valence-electron chi connectivity index (χ2n) is 5.39. The molecule has 1 aromatic heterocycles. The lowest BCUT2D eigenvalue weighted by atomic mass is 10.2. The number of amides is 1. The van der Waals surface area contributed by atoms with Crippen LogP contribution in [-0.4, -0.2) is 46.5 Å². The van der Waals surface area contributed by atoms with E-state index < -0.39 is 0 Å². The van der Waals surface area contributed by atoms with Crippen molar-refractivity contribution in [2.75, 3.05) is 20.1 Å². The molecule has 0 radical (unpaired) electrons. The summed E-state index contributed by atoms with van der Waals surface area (Å²) >= 11 is 0. The number of nitrogens with zero attached hydrogens (tertiary/aromatic N) is 3. The fraction of sp³-hybridized carbons (Fsp3) is 0.467. The van der Waals surface area contributed by atoms with Gasteiger partial charge in [0.25, 0.3) is 0 Å². The molecule has 1 aliphatic rings. The summed E-state index contributed by atoms with van der Waals surface area (Å²) in [6.45, 7) is 4.20. The van der Waals surface area contributed by atoms with Crippen LogP contribution in [0.3, 0.4) is 0 Å². The molecule has 5 heteroatoms. The molecule has 106 valence electrons. The molecule has 0 saturated carbocycles. The number of hydrogen-bond acceptors (Lipinski definition) is 3.